The SMILES string of the molecule is NNC(=O)c1ccc(COCC2CCOCC2)nc1. The Labute approximate surface area is 112 Å². The van der Waals surface area contributed by atoms with Crippen LogP contribution in [0.5, 0.6) is 0 Å². The van der Waals surface area contributed by atoms with Gasteiger partial charge in [0, 0.05) is 19.4 Å². The van der Waals surface area contributed by atoms with E-state index in [0.29, 0.717) is 18.1 Å². The van der Waals surface area contributed by atoms with Crippen molar-refractivity contribution < 1.29 is 14.3 Å². The van der Waals surface area contributed by atoms with Crippen LogP contribution in [0.25, 0.3) is 0 Å². The first-order valence-corrected chi connectivity index (χ1v) is 6.41. The Balaban J connectivity index is 1.75. The second-order valence-electron chi connectivity index (χ2n) is 4.58. The van der Waals surface area contributed by atoms with Gasteiger partial charge in [-0.1, -0.05) is 0 Å². The number of carbonyl (C=O) groups excluding carboxylic acids is 1. The third-order valence-corrected chi connectivity index (χ3v) is 3.16. The molecule has 0 bridgehead atoms. The predicted octanol–water partition coefficient (Wildman–Crippen LogP) is 0.628. The Bertz CT molecular complexity index is 402. The van der Waals surface area contributed by atoms with Crippen molar-refractivity contribution in [3.05, 3.63) is 29.6 Å². The Morgan fingerprint density at radius 1 is 1.47 bits per heavy atom. The fraction of sp³-hybridized carbons (Fsp3) is 0.538. The first-order valence-electron chi connectivity index (χ1n) is 6.41. The topological polar surface area (TPSA) is 86.5 Å². The molecule has 1 aliphatic rings. The van der Waals surface area contributed by atoms with Crippen molar-refractivity contribution in [2.75, 3.05) is 19.8 Å². The number of aromatic nitrogens is 1. The molecule has 0 aliphatic carbocycles. The van der Waals surface area contributed by atoms with Crippen LogP contribution in [0.15, 0.2) is 18.3 Å². The lowest BCUT2D eigenvalue weighted by molar-refractivity contribution is 0.0150. The van der Waals surface area contributed by atoms with Gasteiger partial charge in [-0.25, -0.2) is 5.84 Å². The normalized spacial score (nSPS) is 16.3. The molecule has 0 saturated carbocycles. The number of hydrogen-bond donors (Lipinski definition) is 2. The first-order chi connectivity index (χ1) is 9.29. The van der Waals surface area contributed by atoms with Gasteiger partial charge in [-0.3, -0.25) is 15.2 Å². The molecule has 1 amide bonds. The number of ether oxygens (including phenoxy) is 2. The van der Waals surface area contributed by atoms with Crippen molar-refractivity contribution in [2.45, 2.75) is 19.4 Å². The maximum Gasteiger partial charge on any atom is 0.266 e. The molecule has 1 aliphatic heterocycles. The molecular formula is C13H19N3O3. The van der Waals surface area contributed by atoms with Crippen LogP contribution in [0, 0.1) is 5.92 Å². The highest BCUT2D eigenvalue weighted by Gasteiger charge is 2.13. The molecule has 6 nitrogen and oxygen atoms in total. The van der Waals surface area contributed by atoms with Gasteiger partial charge in [-0.05, 0) is 30.9 Å². The second kappa shape index (κ2) is 7.18. The molecule has 0 aromatic carbocycles. The van der Waals surface area contributed by atoms with Crippen LogP contribution in [0.1, 0.15) is 28.9 Å². The molecule has 1 saturated heterocycles. The van der Waals surface area contributed by atoms with Crippen LogP contribution in [0.3, 0.4) is 0 Å². The summed E-state index contributed by atoms with van der Waals surface area (Å²) in [4.78, 5) is 15.4. The van der Waals surface area contributed by atoms with Crippen molar-refractivity contribution in [3.8, 4) is 0 Å². The van der Waals surface area contributed by atoms with Gasteiger partial charge in [0.1, 0.15) is 0 Å². The van der Waals surface area contributed by atoms with Crippen molar-refractivity contribution in [2.24, 2.45) is 11.8 Å². The van der Waals surface area contributed by atoms with E-state index in [1.54, 1.807) is 12.1 Å². The summed E-state index contributed by atoms with van der Waals surface area (Å²) in [6.07, 6.45) is 3.61. The highest BCUT2D eigenvalue weighted by molar-refractivity contribution is 5.93. The number of nitrogen functional groups attached to an aromatic ring is 1. The summed E-state index contributed by atoms with van der Waals surface area (Å²) < 4.78 is 10.9. The van der Waals surface area contributed by atoms with E-state index in [-0.39, 0.29) is 5.91 Å². The minimum Gasteiger partial charge on any atom is -0.381 e. The molecule has 1 fully saturated rings. The van der Waals surface area contributed by atoms with E-state index in [2.05, 4.69) is 10.4 Å². The quantitative estimate of drug-likeness (QED) is 0.463. The summed E-state index contributed by atoms with van der Waals surface area (Å²) in [5, 5.41) is 0. The van der Waals surface area contributed by atoms with Crippen molar-refractivity contribution in [3.63, 3.8) is 0 Å². The van der Waals surface area contributed by atoms with Crippen molar-refractivity contribution in [1.82, 2.24) is 10.4 Å². The van der Waals surface area contributed by atoms with E-state index in [1.807, 2.05) is 0 Å². The van der Waals surface area contributed by atoms with Crippen LogP contribution < -0.4 is 11.3 Å². The minimum absolute atomic E-state index is 0.345. The second-order valence-corrected chi connectivity index (χ2v) is 4.58. The molecule has 104 valence electrons. The third kappa shape index (κ3) is 4.27. The lowest BCUT2D eigenvalue weighted by Gasteiger charge is -2.21. The Morgan fingerprint density at radius 3 is 2.89 bits per heavy atom. The van der Waals surface area contributed by atoms with E-state index < -0.39 is 0 Å². The zero-order valence-electron chi connectivity index (χ0n) is 10.8. The maximum absolute atomic E-state index is 11.2. The number of amides is 1. The highest BCUT2D eigenvalue weighted by Crippen LogP contribution is 2.15. The number of rotatable bonds is 5. The largest absolute Gasteiger partial charge is 0.381 e. The van der Waals surface area contributed by atoms with Crippen LogP contribution in [0.2, 0.25) is 0 Å². The summed E-state index contributed by atoms with van der Waals surface area (Å²) in [6.45, 7) is 2.85. The molecule has 0 atom stereocenters. The van der Waals surface area contributed by atoms with Crippen LogP contribution in [0.4, 0.5) is 0 Å². The average molecular weight is 265 g/mol. The number of nitrogens with one attached hydrogen (secondary N) is 1. The molecule has 0 spiro atoms. The number of nitrogens with two attached hydrogens (primary N) is 1. The van der Waals surface area contributed by atoms with Gasteiger partial charge in [0.25, 0.3) is 5.91 Å². The molecule has 1 aromatic rings. The Hall–Kier alpha value is -1.50. The highest BCUT2D eigenvalue weighted by atomic mass is 16.5. The summed E-state index contributed by atoms with van der Waals surface area (Å²) in [5.41, 5.74) is 3.31. The smallest absolute Gasteiger partial charge is 0.266 e. The van der Waals surface area contributed by atoms with Gasteiger partial charge in [0.15, 0.2) is 0 Å². The number of carbonyl (C=O) groups is 1. The molecule has 0 radical (unpaired) electrons. The monoisotopic (exact) mass is 265 g/mol. The summed E-state index contributed by atoms with van der Waals surface area (Å²) in [6, 6.07) is 3.46. The van der Waals surface area contributed by atoms with E-state index in [0.717, 1.165) is 38.4 Å². The molecule has 19 heavy (non-hydrogen) atoms. The van der Waals surface area contributed by atoms with Gasteiger partial charge in [-0.2, -0.15) is 0 Å². The summed E-state index contributed by atoms with van der Waals surface area (Å²) in [5.74, 6) is 5.28. The predicted molar refractivity (Wildman–Crippen MR) is 69.1 cm³/mol. The number of pyridine rings is 1. The van der Waals surface area contributed by atoms with Gasteiger partial charge < -0.3 is 9.47 Å². The molecule has 1 aromatic heterocycles. The average Bonchev–Trinajstić information content (AvgIpc) is 2.48. The van der Waals surface area contributed by atoms with Gasteiger partial charge in [0.2, 0.25) is 0 Å². The standard InChI is InChI=1S/C13H19N3O3/c14-16-13(17)11-1-2-12(15-7-11)9-19-8-10-3-5-18-6-4-10/h1-2,7,10H,3-6,8-9,14H2,(H,16,17). The molecule has 6 heteroatoms. The van der Waals surface area contributed by atoms with E-state index >= 15 is 0 Å². The maximum atomic E-state index is 11.2. The number of hydrazine groups is 1. The van der Waals surface area contributed by atoms with Gasteiger partial charge >= 0.3 is 0 Å². The Morgan fingerprint density at radius 2 is 2.26 bits per heavy atom. The summed E-state index contributed by atoms with van der Waals surface area (Å²) >= 11 is 0. The number of nitrogens with zero attached hydrogens (tertiary/aromatic N) is 1. The molecular weight excluding hydrogens is 246 g/mol. The number of hydrogen-bond acceptors (Lipinski definition) is 5. The third-order valence-electron chi connectivity index (χ3n) is 3.16. The van der Waals surface area contributed by atoms with Gasteiger partial charge in [-0.15, -0.1) is 0 Å². The zero-order chi connectivity index (χ0) is 13.5. The van der Waals surface area contributed by atoms with Crippen LogP contribution >= 0.6 is 0 Å². The lowest BCUT2D eigenvalue weighted by atomic mass is 10.0. The molecule has 2 rings (SSSR count). The fourth-order valence-corrected chi connectivity index (χ4v) is 1.97. The lowest BCUT2D eigenvalue weighted by Crippen LogP contribution is -2.30. The van der Waals surface area contributed by atoms with E-state index in [9.17, 15) is 4.79 Å². The molecule has 2 heterocycles. The Kier molecular flexibility index (Phi) is 5.26. The molecule has 0 unspecified atom stereocenters. The zero-order valence-corrected chi connectivity index (χ0v) is 10.8. The van der Waals surface area contributed by atoms with Gasteiger partial charge in [0.05, 0.1) is 24.5 Å². The van der Waals surface area contributed by atoms with E-state index in [4.69, 9.17) is 15.3 Å². The van der Waals surface area contributed by atoms with Crippen LogP contribution in [-0.2, 0) is 16.1 Å². The summed E-state index contributed by atoms with van der Waals surface area (Å²) in [7, 11) is 0. The first kappa shape index (κ1) is 13.9. The minimum atomic E-state index is -0.345. The molecule has 3 N–H and O–H groups in total. The van der Waals surface area contributed by atoms with Crippen LogP contribution in [-0.4, -0.2) is 30.7 Å². The van der Waals surface area contributed by atoms with E-state index in [1.165, 1.54) is 6.20 Å². The van der Waals surface area contributed by atoms with Crippen molar-refractivity contribution >= 4 is 5.91 Å². The van der Waals surface area contributed by atoms with Crippen molar-refractivity contribution in [1.29, 1.82) is 0 Å². The fourth-order valence-electron chi connectivity index (χ4n) is 1.97.